The molecule has 2 aromatic carbocycles. The molecule has 31 heavy (non-hydrogen) atoms. The van der Waals surface area contributed by atoms with Crippen LogP contribution in [0.2, 0.25) is 0 Å². The number of para-hydroxylation sites is 2. The largest absolute Gasteiger partial charge is 0.401 e. The van der Waals surface area contributed by atoms with E-state index in [-0.39, 0.29) is 0 Å². The van der Waals surface area contributed by atoms with Crippen molar-refractivity contribution in [3.8, 4) is 0 Å². The molecule has 0 aliphatic carbocycles. The van der Waals surface area contributed by atoms with Gasteiger partial charge in [0.15, 0.2) is 5.70 Å². The number of cyclic esters (lactones) is 1. The predicted octanol–water partition coefficient (Wildman–Crippen LogP) is 3.74. The van der Waals surface area contributed by atoms with E-state index in [9.17, 15) is 4.79 Å². The first kappa shape index (κ1) is 18.1. The molecule has 7 nitrogen and oxygen atoms in total. The van der Waals surface area contributed by atoms with Crippen LogP contribution in [0.1, 0.15) is 4.88 Å². The normalized spacial score (nSPS) is 18.3. The lowest BCUT2D eigenvalue weighted by atomic mass is 10.2. The molecule has 0 unspecified atom stereocenters. The number of piperazine rings is 1. The van der Waals surface area contributed by atoms with Gasteiger partial charge in [-0.3, -0.25) is 0 Å². The second-order valence-corrected chi connectivity index (χ2v) is 8.65. The van der Waals surface area contributed by atoms with Crippen LogP contribution in [0.3, 0.4) is 0 Å². The summed E-state index contributed by atoms with van der Waals surface area (Å²) in [6.45, 7) is 3.18. The van der Waals surface area contributed by atoms with E-state index in [4.69, 9.17) is 4.74 Å². The molecule has 0 spiro atoms. The molecule has 0 atom stereocenters. The third-order valence-corrected chi connectivity index (χ3v) is 6.66. The number of thiophene rings is 1. The summed E-state index contributed by atoms with van der Waals surface area (Å²) in [7, 11) is 0. The number of nitrogens with zero attached hydrogens (tertiary/aromatic N) is 4. The second-order valence-electron chi connectivity index (χ2n) is 7.57. The Balaban J connectivity index is 1.17. The Morgan fingerprint density at radius 1 is 1.03 bits per heavy atom. The van der Waals surface area contributed by atoms with Crippen molar-refractivity contribution < 1.29 is 9.53 Å². The lowest BCUT2D eigenvalue weighted by Gasteiger charge is -2.33. The van der Waals surface area contributed by atoms with E-state index in [1.165, 1.54) is 0 Å². The van der Waals surface area contributed by atoms with Crippen LogP contribution in [-0.4, -0.2) is 52.9 Å². The van der Waals surface area contributed by atoms with Gasteiger partial charge in [0.1, 0.15) is 0 Å². The number of rotatable bonds is 3. The number of benzene rings is 2. The minimum absolute atomic E-state index is 0.352. The average Bonchev–Trinajstić information content (AvgIpc) is 3.50. The van der Waals surface area contributed by atoms with Gasteiger partial charge in [0, 0.05) is 37.1 Å². The number of ether oxygens (including phenoxy) is 1. The molecule has 1 N–H and O–H groups in total. The Bertz CT molecular complexity index is 1290. The monoisotopic (exact) mass is 429 g/mol. The molecule has 4 heterocycles. The summed E-state index contributed by atoms with van der Waals surface area (Å²) >= 11 is 1.58. The zero-order valence-electron chi connectivity index (χ0n) is 16.6. The summed E-state index contributed by atoms with van der Waals surface area (Å²) in [6, 6.07) is 18.1. The number of carbonyl (C=O) groups excluding carboxylic acids is 1. The predicted molar refractivity (Wildman–Crippen MR) is 122 cm³/mol. The Hall–Kier alpha value is -3.65. The van der Waals surface area contributed by atoms with Gasteiger partial charge in [-0.2, -0.15) is 0 Å². The van der Waals surface area contributed by atoms with E-state index < -0.39 is 5.97 Å². The first-order chi connectivity index (χ1) is 15.2. The summed E-state index contributed by atoms with van der Waals surface area (Å²) in [4.78, 5) is 30.1. The van der Waals surface area contributed by atoms with Gasteiger partial charge < -0.3 is 19.5 Å². The van der Waals surface area contributed by atoms with Gasteiger partial charge in [-0.15, -0.1) is 11.3 Å². The van der Waals surface area contributed by atoms with Crippen molar-refractivity contribution in [1.82, 2.24) is 14.9 Å². The van der Waals surface area contributed by atoms with Crippen LogP contribution >= 0.6 is 11.3 Å². The number of hydrogen-bond donors (Lipinski definition) is 1. The summed E-state index contributed by atoms with van der Waals surface area (Å²) in [5.41, 5.74) is 2.36. The highest BCUT2D eigenvalue weighted by molar-refractivity contribution is 7.20. The molecule has 2 aliphatic rings. The van der Waals surface area contributed by atoms with E-state index in [1.807, 2.05) is 54.7 Å². The average molecular weight is 430 g/mol. The number of esters is 1. The van der Waals surface area contributed by atoms with Gasteiger partial charge >= 0.3 is 5.97 Å². The third kappa shape index (κ3) is 3.34. The number of aliphatic imine (C=N–C) groups is 1. The molecule has 0 bridgehead atoms. The summed E-state index contributed by atoms with van der Waals surface area (Å²) in [6.07, 6.45) is 1.82. The van der Waals surface area contributed by atoms with Crippen LogP contribution < -0.4 is 4.90 Å². The van der Waals surface area contributed by atoms with E-state index in [2.05, 4.69) is 30.8 Å². The summed E-state index contributed by atoms with van der Waals surface area (Å²) < 4.78 is 6.60. The Kier molecular flexibility index (Phi) is 4.24. The SMILES string of the molecule is O=C1OC(c2cc3ccccc3s2)=N/C1=C/N1CCN(c2nc3ccccc3[nH]2)CC1. The van der Waals surface area contributed by atoms with Crippen LogP contribution in [0.25, 0.3) is 21.1 Å². The number of H-pyrrole nitrogens is 1. The topological polar surface area (TPSA) is 73.8 Å². The minimum atomic E-state index is -0.396. The zero-order chi connectivity index (χ0) is 20.8. The molecule has 4 aromatic rings. The van der Waals surface area contributed by atoms with Crippen molar-refractivity contribution >= 4 is 50.3 Å². The smallest absolute Gasteiger partial charge is 0.365 e. The number of aromatic amines is 1. The van der Waals surface area contributed by atoms with Gasteiger partial charge in [-0.25, -0.2) is 14.8 Å². The lowest BCUT2D eigenvalue weighted by molar-refractivity contribution is -0.130. The first-order valence-electron chi connectivity index (χ1n) is 10.2. The molecular formula is C23H19N5O2S. The maximum Gasteiger partial charge on any atom is 0.365 e. The van der Waals surface area contributed by atoms with Crippen LogP contribution in [-0.2, 0) is 9.53 Å². The Labute approximate surface area is 182 Å². The molecule has 6 rings (SSSR count). The number of imidazole rings is 1. The van der Waals surface area contributed by atoms with Gasteiger partial charge in [0.05, 0.1) is 15.9 Å². The summed E-state index contributed by atoms with van der Waals surface area (Å²) in [5.74, 6) is 0.879. The van der Waals surface area contributed by atoms with Gasteiger partial charge in [-0.1, -0.05) is 30.3 Å². The van der Waals surface area contributed by atoms with Crippen molar-refractivity contribution in [3.05, 3.63) is 71.4 Å². The highest BCUT2D eigenvalue weighted by Gasteiger charge is 2.27. The van der Waals surface area contributed by atoms with Crippen molar-refractivity contribution in [2.24, 2.45) is 4.99 Å². The van der Waals surface area contributed by atoms with Gasteiger partial charge in [-0.05, 0) is 29.7 Å². The molecule has 1 fully saturated rings. The number of nitrogens with one attached hydrogen (secondary N) is 1. The first-order valence-corrected chi connectivity index (χ1v) is 11.0. The molecule has 154 valence electrons. The molecule has 2 aromatic heterocycles. The molecule has 0 saturated carbocycles. The van der Waals surface area contributed by atoms with Crippen molar-refractivity contribution in [2.45, 2.75) is 0 Å². The van der Waals surface area contributed by atoms with Crippen molar-refractivity contribution in [1.29, 1.82) is 0 Å². The van der Waals surface area contributed by atoms with Crippen LogP contribution in [0.5, 0.6) is 0 Å². The van der Waals surface area contributed by atoms with Gasteiger partial charge in [0.25, 0.3) is 0 Å². The van der Waals surface area contributed by atoms with E-state index in [0.717, 1.165) is 58.1 Å². The zero-order valence-corrected chi connectivity index (χ0v) is 17.4. The minimum Gasteiger partial charge on any atom is -0.401 e. The Morgan fingerprint density at radius 3 is 2.68 bits per heavy atom. The van der Waals surface area contributed by atoms with Crippen molar-refractivity contribution in [3.63, 3.8) is 0 Å². The number of aromatic nitrogens is 2. The second kappa shape index (κ2) is 7.24. The van der Waals surface area contributed by atoms with E-state index in [1.54, 1.807) is 11.3 Å². The molecule has 0 amide bonds. The highest BCUT2D eigenvalue weighted by Crippen LogP contribution is 2.29. The molecule has 2 aliphatic heterocycles. The Morgan fingerprint density at radius 2 is 1.84 bits per heavy atom. The van der Waals surface area contributed by atoms with Crippen molar-refractivity contribution in [2.75, 3.05) is 31.1 Å². The number of hydrogen-bond acceptors (Lipinski definition) is 7. The number of anilines is 1. The fourth-order valence-electron chi connectivity index (χ4n) is 3.92. The lowest BCUT2D eigenvalue weighted by Crippen LogP contribution is -2.44. The fraction of sp³-hybridized carbons (Fsp3) is 0.174. The molecule has 8 heteroatoms. The number of carbonyl (C=O) groups is 1. The number of fused-ring (bicyclic) bond motifs is 2. The maximum atomic E-state index is 12.4. The van der Waals surface area contributed by atoms with Gasteiger partial charge in [0.2, 0.25) is 11.8 Å². The third-order valence-electron chi connectivity index (χ3n) is 5.55. The highest BCUT2D eigenvalue weighted by atomic mass is 32.1. The maximum absolute atomic E-state index is 12.4. The summed E-state index contributed by atoms with van der Waals surface area (Å²) in [5, 5.41) is 1.13. The molecule has 0 radical (unpaired) electrons. The van der Waals surface area contributed by atoms with E-state index >= 15 is 0 Å². The van der Waals surface area contributed by atoms with E-state index in [0.29, 0.717) is 11.6 Å². The van der Waals surface area contributed by atoms with Crippen LogP contribution in [0.15, 0.2) is 71.5 Å². The van der Waals surface area contributed by atoms with Crippen LogP contribution in [0.4, 0.5) is 5.95 Å². The fourth-order valence-corrected chi connectivity index (χ4v) is 4.91. The standard InChI is InChI=1S/C23H19N5O2S/c29-22-18(24-21(30-22)20-13-15-5-1-4-8-19(15)31-20)14-27-9-11-28(12-10-27)23-25-16-6-2-3-7-17(16)26-23/h1-8,13-14H,9-12H2,(H,25,26)/b18-14+. The molecule has 1 saturated heterocycles. The van der Waals surface area contributed by atoms with Crippen LogP contribution in [0, 0.1) is 0 Å². The quantitative estimate of drug-likeness (QED) is 0.397. The molecular weight excluding hydrogens is 410 g/mol.